The molecule has 176 valence electrons. The molecule has 2 amide bonds. The summed E-state index contributed by atoms with van der Waals surface area (Å²) in [4.78, 5) is 43.1. The average Bonchev–Trinajstić information content (AvgIpc) is 3.38. The Kier molecular flexibility index (Phi) is 7.37. The van der Waals surface area contributed by atoms with E-state index in [-0.39, 0.29) is 17.5 Å². The van der Waals surface area contributed by atoms with Gasteiger partial charge in [0.2, 0.25) is 11.8 Å². The molecule has 1 aliphatic heterocycles. The van der Waals surface area contributed by atoms with Gasteiger partial charge in [-0.15, -0.1) is 0 Å². The van der Waals surface area contributed by atoms with Crippen LogP contribution in [0.15, 0.2) is 65.3 Å². The van der Waals surface area contributed by atoms with Gasteiger partial charge in [0.25, 0.3) is 5.91 Å². The van der Waals surface area contributed by atoms with Crippen LogP contribution >= 0.6 is 0 Å². The Hall–Kier alpha value is -3.94. The van der Waals surface area contributed by atoms with Crippen molar-refractivity contribution in [2.75, 3.05) is 13.7 Å². The van der Waals surface area contributed by atoms with E-state index in [0.717, 1.165) is 24.0 Å². The first-order chi connectivity index (χ1) is 16.5. The summed E-state index contributed by atoms with van der Waals surface area (Å²) in [5, 5.41) is 2.91. The molecular weight excluding hydrogens is 434 g/mol. The van der Waals surface area contributed by atoms with E-state index < -0.39 is 12.0 Å². The van der Waals surface area contributed by atoms with E-state index in [0.29, 0.717) is 37.4 Å². The summed E-state index contributed by atoms with van der Waals surface area (Å²) in [5.74, 6) is -0.491. The second-order valence-electron chi connectivity index (χ2n) is 8.21. The van der Waals surface area contributed by atoms with Gasteiger partial charge in [0.15, 0.2) is 5.69 Å². The molecule has 4 rings (SSSR count). The molecule has 0 aliphatic carbocycles. The lowest BCUT2D eigenvalue weighted by Gasteiger charge is -2.33. The van der Waals surface area contributed by atoms with Gasteiger partial charge in [-0.2, -0.15) is 0 Å². The highest BCUT2D eigenvalue weighted by Gasteiger charge is 2.34. The molecule has 1 N–H and O–H groups in total. The number of amides is 2. The van der Waals surface area contributed by atoms with E-state index in [1.807, 2.05) is 54.6 Å². The van der Waals surface area contributed by atoms with E-state index in [9.17, 15) is 14.4 Å². The molecule has 3 aromatic rings. The zero-order valence-corrected chi connectivity index (χ0v) is 19.0. The third-order valence-electron chi connectivity index (χ3n) is 5.86. The minimum absolute atomic E-state index is 0.0471. The Labute approximate surface area is 197 Å². The number of carbonyl (C=O) groups excluding carboxylic acids is 3. The van der Waals surface area contributed by atoms with Crippen molar-refractivity contribution < 1.29 is 23.5 Å². The summed E-state index contributed by atoms with van der Waals surface area (Å²) < 4.78 is 10.4. The average molecular weight is 462 g/mol. The highest BCUT2D eigenvalue weighted by molar-refractivity contribution is 5.95. The third kappa shape index (κ3) is 5.51. The highest BCUT2D eigenvalue weighted by atomic mass is 16.5. The summed E-state index contributed by atoms with van der Waals surface area (Å²) in [7, 11) is 1.33. The molecule has 1 saturated heterocycles. The normalized spacial score (nSPS) is 15.6. The van der Waals surface area contributed by atoms with Gasteiger partial charge in [-0.05, 0) is 42.5 Å². The van der Waals surface area contributed by atoms with Gasteiger partial charge in [0.05, 0.1) is 13.5 Å². The van der Waals surface area contributed by atoms with Crippen molar-refractivity contribution in [3.8, 4) is 11.5 Å². The van der Waals surface area contributed by atoms with Crippen molar-refractivity contribution in [1.29, 1.82) is 0 Å². The van der Waals surface area contributed by atoms with Crippen molar-refractivity contribution in [3.63, 3.8) is 0 Å². The SMILES string of the molecule is COC(=O)C1CCCCN1C(=O)c1coc(-c2ccc(CNC(=O)Cc3ccccc3)cc2)n1. The van der Waals surface area contributed by atoms with Crippen LogP contribution in [0.25, 0.3) is 11.5 Å². The zero-order chi connectivity index (χ0) is 23.9. The van der Waals surface area contributed by atoms with Crippen LogP contribution in [0.3, 0.4) is 0 Å². The zero-order valence-electron chi connectivity index (χ0n) is 19.0. The van der Waals surface area contributed by atoms with Crippen LogP contribution in [-0.4, -0.2) is 47.4 Å². The topological polar surface area (TPSA) is 102 Å². The van der Waals surface area contributed by atoms with Crippen molar-refractivity contribution >= 4 is 17.8 Å². The first-order valence-corrected chi connectivity index (χ1v) is 11.3. The molecule has 1 unspecified atom stereocenters. The van der Waals surface area contributed by atoms with Crippen LogP contribution in [-0.2, 0) is 27.3 Å². The number of oxazole rings is 1. The molecule has 0 bridgehead atoms. The molecule has 0 spiro atoms. The van der Waals surface area contributed by atoms with Gasteiger partial charge in [-0.1, -0.05) is 42.5 Å². The number of methoxy groups -OCH3 is 1. The molecule has 8 nitrogen and oxygen atoms in total. The second kappa shape index (κ2) is 10.8. The number of benzene rings is 2. The predicted molar refractivity (Wildman–Crippen MR) is 125 cm³/mol. The largest absolute Gasteiger partial charge is 0.467 e. The Morgan fingerprint density at radius 2 is 1.82 bits per heavy atom. The first-order valence-electron chi connectivity index (χ1n) is 11.3. The Morgan fingerprint density at radius 3 is 2.56 bits per heavy atom. The molecule has 0 radical (unpaired) electrons. The van der Waals surface area contributed by atoms with E-state index in [4.69, 9.17) is 9.15 Å². The molecular formula is C26H27N3O5. The highest BCUT2D eigenvalue weighted by Crippen LogP contribution is 2.23. The van der Waals surface area contributed by atoms with Gasteiger partial charge in [0, 0.05) is 18.7 Å². The molecule has 1 atom stereocenters. The molecule has 1 aromatic heterocycles. The monoisotopic (exact) mass is 461 g/mol. The Morgan fingerprint density at radius 1 is 1.06 bits per heavy atom. The van der Waals surface area contributed by atoms with Crippen molar-refractivity contribution in [2.45, 2.75) is 38.3 Å². The maximum absolute atomic E-state index is 13.0. The number of rotatable bonds is 7. The standard InChI is InChI=1S/C26H27N3O5/c1-33-26(32)22-9-5-6-14-29(22)25(31)21-17-34-24(28-21)20-12-10-19(11-13-20)16-27-23(30)15-18-7-3-2-4-8-18/h2-4,7-8,10-13,17,22H,5-6,9,14-16H2,1H3,(H,27,30). The smallest absolute Gasteiger partial charge is 0.328 e. The van der Waals surface area contributed by atoms with E-state index >= 15 is 0 Å². The number of esters is 1. The third-order valence-corrected chi connectivity index (χ3v) is 5.86. The van der Waals surface area contributed by atoms with Crippen molar-refractivity contribution in [3.05, 3.63) is 77.7 Å². The van der Waals surface area contributed by atoms with Gasteiger partial charge >= 0.3 is 5.97 Å². The predicted octanol–water partition coefficient (Wildman–Crippen LogP) is 3.37. The fraction of sp³-hybridized carbons (Fsp3) is 0.308. The molecule has 2 heterocycles. The lowest BCUT2D eigenvalue weighted by atomic mass is 10.0. The number of aromatic nitrogens is 1. The number of hydrogen-bond donors (Lipinski definition) is 1. The summed E-state index contributed by atoms with van der Waals surface area (Å²) in [5.41, 5.74) is 2.76. The van der Waals surface area contributed by atoms with E-state index in [1.165, 1.54) is 18.3 Å². The van der Waals surface area contributed by atoms with Gasteiger partial charge in [0.1, 0.15) is 12.3 Å². The van der Waals surface area contributed by atoms with E-state index in [1.54, 1.807) is 0 Å². The fourth-order valence-electron chi connectivity index (χ4n) is 4.02. The molecule has 0 saturated carbocycles. The minimum Gasteiger partial charge on any atom is -0.467 e. The Balaban J connectivity index is 1.36. The number of nitrogens with one attached hydrogen (secondary N) is 1. The quantitative estimate of drug-likeness (QED) is 0.542. The maximum atomic E-state index is 13.0. The number of likely N-dealkylation sites (tertiary alicyclic amines) is 1. The summed E-state index contributed by atoms with van der Waals surface area (Å²) in [6.07, 6.45) is 3.92. The number of hydrogen-bond acceptors (Lipinski definition) is 6. The minimum atomic E-state index is -0.595. The number of carbonyl (C=O) groups is 3. The molecule has 1 fully saturated rings. The first kappa shape index (κ1) is 23.2. The van der Waals surface area contributed by atoms with Gasteiger partial charge < -0.3 is 19.4 Å². The lowest BCUT2D eigenvalue weighted by Crippen LogP contribution is -2.48. The molecule has 2 aromatic carbocycles. The van der Waals surface area contributed by atoms with Gasteiger partial charge in [-0.3, -0.25) is 9.59 Å². The number of piperidine rings is 1. The number of nitrogens with zero attached hydrogens (tertiary/aromatic N) is 2. The molecule has 1 aliphatic rings. The van der Waals surface area contributed by atoms with E-state index in [2.05, 4.69) is 10.3 Å². The summed E-state index contributed by atoms with van der Waals surface area (Å²) >= 11 is 0. The summed E-state index contributed by atoms with van der Waals surface area (Å²) in [6, 6.07) is 16.4. The van der Waals surface area contributed by atoms with Crippen molar-refractivity contribution in [1.82, 2.24) is 15.2 Å². The molecule has 34 heavy (non-hydrogen) atoms. The van der Waals surface area contributed by atoms with Gasteiger partial charge in [-0.25, -0.2) is 9.78 Å². The van der Waals surface area contributed by atoms with Crippen LogP contribution in [0, 0.1) is 0 Å². The van der Waals surface area contributed by atoms with Crippen LogP contribution in [0.4, 0.5) is 0 Å². The lowest BCUT2D eigenvalue weighted by molar-refractivity contribution is -0.147. The van der Waals surface area contributed by atoms with Crippen LogP contribution < -0.4 is 5.32 Å². The van der Waals surface area contributed by atoms with Crippen molar-refractivity contribution in [2.24, 2.45) is 0 Å². The van der Waals surface area contributed by atoms with Crippen LogP contribution in [0.1, 0.15) is 40.9 Å². The summed E-state index contributed by atoms with van der Waals surface area (Å²) in [6.45, 7) is 0.886. The second-order valence-corrected chi connectivity index (χ2v) is 8.21. The fourth-order valence-corrected chi connectivity index (χ4v) is 4.02. The van der Waals surface area contributed by atoms with Crippen LogP contribution in [0.5, 0.6) is 0 Å². The maximum Gasteiger partial charge on any atom is 0.328 e. The van der Waals surface area contributed by atoms with Crippen LogP contribution in [0.2, 0.25) is 0 Å². The number of ether oxygens (including phenoxy) is 1. The molecule has 8 heteroatoms. The Bertz CT molecular complexity index is 1140.